The number of carbonyl (C=O) groups is 1. The normalized spacial score (nSPS) is 15.6. The van der Waals surface area contributed by atoms with Crippen molar-refractivity contribution >= 4 is 29.2 Å². The second kappa shape index (κ2) is 6.02. The fourth-order valence-corrected chi connectivity index (χ4v) is 3.35. The third-order valence-corrected chi connectivity index (χ3v) is 4.60. The van der Waals surface area contributed by atoms with E-state index in [2.05, 4.69) is 24.0 Å². The average Bonchev–Trinajstić information content (AvgIpc) is 2.83. The molecule has 1 N–H and O–H groups in total. The maximum Gasteiger partial charge on any atom is 0.224 e. The molecule has 0 spiro atoms. The standard InChI is InChI=1S/C16H21N3OS/c1-12-6-5-7-13-15(12)17-16(21)19(13)11-8-14(20)18-9-3-2-4-10-18/h5-7H,2-4,8-11H2,1H3,(H,17,21). The molecule has 1 fully saturated rings. The van der Waals surface area contributed by atoms with E-state index in [0.717, 1.165) is 37.0 Å². The molecule has 1 amide bonds. The number of aromatic amines is 1. The molecule has 0 radical (unpaired) electrons. The zero-order chi connectivity index (χ0) is 14.8. The summed E-state index contributed by atoms with van der Waals surface area (Å²) < 4.78 is 2.74. The fourth-order valence-electron chi connectivity index (χ4n) is 3.05. The van der Waals surface area contributed by atoms with Crippen molar-refractivity contribution in [2.75, 3.05) is 13.1 Å². The van der Waals surface area contributed by atoms with E-state index in [1.54, 1.807) is 0 Å². The van der Waals surface area contributed by atoms with E-state index in [9.17, 15) is 4.79 Å². The van der Waals surface area contributed by atoms with Crippen LogP contribution in [0.15, 0.2) is 18.2 Å². The summed E-state index contributed by atoms with van der Waals surface area (Å²) >= 11 is 5.40. The summed E-state index contributed by atoms with van der Waals surface area (Å²) in [5.41, 5.74) is 3.35. The van der Waals surface area contributed by atoms with Crippen LogP contribution in [0, 0.1) is 11.7 Å². The van der Waals surface area contributed by atoms with Crippen LogP contribution in [0.3, 0.4) is 0 Å². The molecular formula is C16H21N3OS. The number of nitrogens with zero attached hydrogens (tertiary/aromatic N) is 2. The van der Waals surface area contributed by atoms with Crippen LogP contribution in [0.1, 0.15) is 31.2 Å². The molecule has 21 heavy (non-hydrogen) atoms. The summed E-state index contributed by atoms with van der Waals surface area (Å²) in [6.45, 7) is 4.54. The minimum Gasteiger partial charge on any atom is -0.343 e. The topological polar surface area (TPSA) is 41.0 Å². The van der Waals surface area contributed by atoms with E-state index in [-0.39, 0.29) is 5.91 Å². The zero-order valence-corrected chi connectivity index (χ0v) is 13.2. The van der Waals surface area contributed by atoms with Crippen LogP contribution in [-0.4, -0.2) is 33.4 Å². The van der Waals surface area contributed by atoms with Crippen molar-refractivity contribution in [1.82, 2.24) is 14.5 Å². The predicted octanol–water partition coefficient (Wildman–Crippen LogP) is 3.41. The Labute approximate surface area is 129 Å². The lowest BCUT2D eigenvalue weighted by atomic mass is 10.1. The van der Waals surface area contributed by atoms with E-state index in [0.29, 0.717) is 17.7 Å². The van der Waals surface area contributed by atoms with E-state index < -0.39 is 0 Å². The number of para-hydroxylation sites is 1. The highest BCUT2D eigenvalue weighted by Gasteiger charge is 2.16. The second-order valence-corrected chi connectivity index (χ2v) is 6.13. The Bertz CT molecular complexity index is 710. The van der Waals surface area contributed by atoms with Gasteiger partial charge in [0, 0.05) is 26.1 Å². The Balaban J connectivity index is 1.76. The number of benzene rings is 1. The van der Waals surface area contributed by atoms with Gasteiger partial charge in [-0.2, -0.15) is 0 Å². The monoisotopic (exact) mass is 303 g/mol. The van der Waals surface area contributed by atoms with Crippen LogP contribution in [-0.2, 0) is 11.3 Å². The van der Waals surface area contributed by atoms with Crippen LogP contribution >= 0.6 is 12.2 Å². The van der Waals surface area contributed by atoms with Gasteiger partial charge in [-0.05, 0) is 50.0 Å². The number of amides is 1. The summed E-state index contributed by atoms with van der Waals surface area (Å²) in [4.78, 5) is 17.5. The zero-order valence-electron chi connectivity index (χ0n) is 12.4. The summed E-state index contributed by atoms with van der Waals surface area (Å²) in [7, 11) is 0. The molecule has 112 valence electrons. The molecule has 0 bridgehead atoms. The number of nitrogens with one attached hydrogen (secondary N) is 1. The number of likely N-dealkylation sites (tertiary alicyclic amines) is 1. The van der Waals surface area contributed by atoms with E-state index >= 15 is 0 Å². The number of aromatic nitrogens is 2. The van der Waals surface area contributed by atoms with Crippen LogP contribution < -0.4 is 0 Å². The van der Waals surface area contributed by atoms with Gasteiger partial charge in [-0.3, -0.25) is 4.79 Å². The molecule has 0 saturated carbocycles. The molecule has 5 heteroatoms. The van der Waals surface area contributed by atoms with Crippen LogP contribution in [0.5, 0.6) is 0 Å². The van der Waals surface area contributed by atoms with Crippen LogP contribution in [0.2, 0.25) is 0 Å². The highest BCUT2D eigenvalue weighted by molar-refractivity contribution is 7.71. The molecule has 0 unspecified atom stereocenters. The molecule has 2 heterocycles. The smallest absolute Gasteiger partial charge is 0.224 e. The summed E-state index contributed by atoms with van der Waals surface area (Å²) in [6.07, 6.45) is 4.04. The number of hydrogen-bond acceptors (Lipinski definition) is 2. The van der Waals surface area contributed by atoms with Crippen molar-refractivity contribution in [3.8, 4) is 0 Å². The highest BCUT2D eigenvalue weighted by atomic mass is 32.1. The van der Waals surface area contributed by atoms with Gasteiger partial charge >= 0.3 is 0 Å². The quantitative estimate of drug-likeness (QED) is 0.883. The van der Waals surface area contributed by atoms with Crippen molar-refractivity contribution in [1.29, 1.82) is 0 Å². The molecule has 3 rings (SSSR count). The van der Waals surface area contributed by atoms with Gasteiger partial charge in [-0.1, -0.05) is 12.1 Å². The predicted molar refractivity (Wildman–Crippen MR) is 86.9 cm³/mol. The maximum absolute atomic E-state index is 12.3. The minimum atomic E-state index is 0.249. The number of H-pyrrole nitrogens is 1. The first-order valence-corrected chi connectivity index (χ1v) is 8.03. The molecular weight excluding hydrogens is 282 g/mol. The summed E-state index contributed by atoms with van der Waals surface area (Å²) in [5, 5.41) is 0. The van der Waals surface area contributed by atoms with Gasteiger partial charge in [-0.15, -0.1) is 0 Å². The molecule has 0 atom stereocenters. The number of piperidine rings is 1. The van der Waals surface area contributed by atoms with E-state index in [1.165, 1.54) is 12.0 Å². The Kier molecular flexibility index (Phi) is 4.10. The molecule has 1 saturated heterocycles. The van der Waals surface area contributed by atoms with Gasteiger partial charge in [0.25, 0.3) is 0 Å². The van der Waals surface area contributed by atoms with Crippen molar-refractivity contribution in [3.63, 3.8) is 0 Å². The third kappa shape index (κ3) is 2.88. The average molecular weight is 303 g/mol. The van der Waals surface area contributed by atoms with Crippen molar-refractivity contribution in [2.24, 2.45) is 0 Å². The molecule has 1 aromatic heterocycles. The van der Waals surface area contributed by atoms with Gasteiger partial charge < -0.3 is 14.5 Å². The van der Waals surface area contributed by atoms with E-state index in [4.69, 9.17) is 12.2 Å². The minimum absolute atomic E-state index is 0.249. The lowest BCUT2D eigenvalue weighted by Crippen LogP contribution is -2.36. The number of aryl methyl sites for hydroxylation is 2. The Morgan fingerprint density at radius 3 is 2.81 bits per heavy atom. The highest BCUT2D eigenvalue weighted by Crippen LogP contribution is 2.18. The first-order valence-electron chi connectivity index (χ1n) is 7.63. The SMILES string of the molecule is Cc1cccc2c1[nH]c(=S)n2CCC(=O)N1CCCCC1. The lowest BCUT2D eigenvalue weighted by molar-refractivity contribution is -0.132. The molecule has 1 aliphatic heterocycles. The molecule has 4 nitrogen and oxygen atoms in total. The summed E-state index contributed by atoms with van der Waals surface area (Å²) in [6, 6.07) is 6.15. The van der Waals surface area contributed by atoms with Crippen LogP contribution in [0.25, 0.3) is 11.0 Å². The van der Waals surface area contributed by atoms with Gasteiger partial charge in [-0.25, -0.2) is 0 Å². The first-order chi connectivity index (χ1) is 10.2. The molecule has 1 aliphatic rings. The summed E-state index contributed by atoms with van der Waals surface area (Å²) in [5.74, 6) is 0.249. The molecule has 0 aliphatic carbocycles. The number of imidazole rings is 1. The van der Waals surface area contributed by atoms with Gasteiger partial charge in [0.05, 0.1) is 11.0 Å². The van der Waals surface area contributed by atoms with Gasteiger partial charge in [0.1, 0.15) is 0 Å². The number of hydrogen-bond donors (Lipinski definition) is 1. The van der Waals surface area contributed by atoms with Crippen molar-refractivity contribution in [2.45, 2.75) is 39.2 Å². The van der Waals surface area contributed by atoms with Crippen LogP contribution in [0.4, 0.5) is 0 Å². The maximum atomic E-state index is 12.3. The molecule has 2 aromatic rings. The second-order valence-electron chi connectivity index (χ2n) is 5.74. The largest absolute Gasteiger partial charge is 0.343 e. The number of carbonyl (C=O) groups excluding carboxylic acids is 1. The first kappa shape index (κ1) is 14.3. The number of fused-ring (bicyclic) bond motifs is 1. The molecule has 1 aromatic carbocycles. The van der Waals surface area contributed by atoms with Crippen molar-refractivity contribution in [3.05, 3.63) is 28.5 Å². The lowest BCUT2D eigenvalue weighted by Gasteiger charge is -2.26. The van der Waals surface area contributed by atoms with Gasteiger partial charge in [0.2, 0.25) is 5.91 Å². The third-order valence-electron chi connectivity index (χ3n) is 4.28. The van der Waals surface area contributed by atoms with Gasteiger partial charge in [0.15, 0.2) is 4.77 Å². The Hall–Kier alpha value is -1.62. The Morgan fingerprint density at radius 2 is 2.05 bits per heavy atom. The van der Waals surface area contributed by atoms with Crippen molar-refractivity contribution < 1.29 is 4.79 Å². The fraction of sp³-hybridized carbons (Fsp3) is 0.500. The van der Waals surface area contributed by atoms with E-state index in [1.807, 2.05) is 15.5 Å². The number of rotatable bonds is 3. The Morgan fingerprint density at radius 1 is 1.29 bits per heavy atom.